The summed E-state index contributed by atoms with van der Waals surface area (Å²) in [6.07, 6.45) is 0. The maximum atomic E-state index is 13.3. The smallest absolute Gasteiger partial charge is 0.292 e. The summed E-state index contributed by atoms with van der Waals surface area (Å²) in [6, 6.07) is 12.4. The highest BCUT2D eigenvalue weighted by Crippen LogP contribution is 2.22. The van der Waals surface area contributed by atoms with Crippen molar-refractivity contribution in [2.45, 2.75) is 13.2 Å². The summed E-state index contributed by atoms with van der Waals surface area (Å²) >= 11 is 5.19. The van der Waals surface area contributed by atoms with Gasteiger partial charge in [0.05, 0.1) is 12.0 Å². The molecule has 0 radical (unpaired) electrons. The fourth-order valence-electron chi connectivity index (χ4n) is 2.58. The van der Waals surface area contributed by atoms with E-state index < -0.39 is 4.92 Å². The Bertz CT molecular complexity index is 1000. The van der Waals surface area contributed by atoms with Gasteiger partial charge in [0.25, 0.3) is 10.5 Å². The number of benzene rings is 2. The zero-order valence-electron chi connectivity index (χ0n) is 13.9. The van der Waals surface area contributed by atoms with Crippen molar-refractivity contribution in [3.05, 3.63) is 74.9 Å². The SMILES string of the molecule is C[NH+](Cc1cccc(F)c1)Cn1nc(-c2cccc([N+](=O)[O-])c2)oc1=S. The van der Waals surface area contributed by atoms with Crippen molar-refractivity contribution in [2.24, 2.45) is 0 Å². The molecule has 0 saturated heterocycles. The molecule has 1 unspecified atom stereocenters. The Morgan fingerprint density at radius 2 is 2.08 bits per heavy atom. The first kappa shape index (κ1) is 17.9. The Kier molecular flexibility index (Phi) is 5.19. The largest absolute Gasteiger partial charge is 0.409 e. The third-order valence-electron chi connectivity index (χ3n) is 3.72. The Morgan fingerprint density at radius 3 is 2.81 bits per heavy atom. The lowest BCUT2D eigenvalue weighted by atomic mass is 10.2. The molecule has 2 aromatic carbocycles. The normalized spacial score (nSPS) is 12.1. The zero-order chi connectivity index (χ0) is 18.7. The second-order valence-electron chi connectivity index (χ2n) is 5.90. The zero-order valence-corrected chi connectivity index (χ0v) is 14.7. The molecule has 0 aliphatic heterocycles. The van der Waals surface area contributed by atoms with E-state index in [4.69, 9.17) is 16.6 Å². The van der Waals surface area contributed by atoms with Crippen LogP contribution < -0.4 is 4.90 Å². The van der Waals surface area contributed by atoms with Gasteiger partial charge in [-0.25, -0.2) is 4.39 Å². The molecule has 1 heterocycles. The van der Waals surface area contributed by atoms with Gasteiger partial charge in [-0.3, -0.25) is 10.1 Å². The van der Waals surface area contributed by atoms with Crippen LogP contribution in [-0.4, -0.2) is 21.8 Å². The highest BCUT2D eigenvalue weighted by atomic mass is 32.1. The lowest BCUT2D eigenvalue weighted by Gasteiger charge is -2.13. The second kappa shape index (κ2) is 7.54. The number of nitro benzene ring substituents is 1. The first-order valence-corrected chi connectivity index (χ1v) is 8.22. The van der Waals surface area contributed by atoms with Gasteiger partial charge in [0.1, 0.15) is 12.4 Å². The molecule has 0 amide bonds. The average molecular weight is 375 g/mol. The van der Waals surface area contributed by atoms with E-state index in [1.807, 2.05) is 13.1 Å². The van der Waals surface area contributed by atoms with Gasteiger partial charge in [-0.15, -0.1) is 5.10 Å². The number of halogens is 1. The molecule has 1 N–H and O–H groups in total. The minimum Gasteiger partial charge on any atom is -0.409 e. The number of aromatic nitrogens is 2. The van der Waals surface area contributed by atoms with E-state index in [2.05, 4.69) is 5.10 Å². The molecule has 134 valence electrons. The van der Waals surface area contributed by atoms with Crippen LogP contribution in [0.2, 0.25) is 0 Å². The van der Waals surface area contributed by atoms with Gasteiger partial charge in [-0.05, 0) is 30.4 Å². The van der Waals surface area contributed by atoms with Crippen LogP contribution >= 0.6 is 12.2 Å². The molecule has 0 aliphatic rings. The molecule has 7 nitrogen and oxygen atoms in total. The fourth-order valence-corrected chi connectivity index (χ4v) is 2.77. The molecule has 0 aliphatic carbocycles. The van der Waals surface area contributed by atoms with Crippen molar-refractivity contribution < 1.29 is 18.6 Å². The van der Waals surface area contributed by atoms with Crippen molar-refractivity contribution in [3.63, 3.8) is 0 Å². The minimum absolute atomic E-state index is 0.0491. The number of nitro groups is 1. The van der Waals surface area contributed by atoms with Crippen molar-refractivity contribution >= 4 is 17.9 Å². The van der Waals surface area contributed by atoms with Crippen molar-refractivity contribution in [3.8, 4) is 11.5 Å². The third-order valence-corrected chi connectivity index (χ3v) is 4.02. The molecular formula is C17H16FN4O3S+. The predicted molar refractivity (Wildman–Crippen MR) is 94.4 cm³/mol. The lowest BCUT2D eigenvalue weighted by molar-refractivity contribution is -0.917. The van der Waals surface area contributed by atoms with E-state index in [1.165, 1.54) is 28.9 Å². The average Bonchev–Trinajstić information content (AvgIpc) is 2.95. The van der Waals surface area contributed by atoms with E-state index in [1.54, 1.807) is 18.2 Å². The summed E-state index contributed by atoms with van der Waals surface area (Å²) < 4.78 is 20.3. The van der Waals surface area contributed by atoms with Crippen molar-refractivity contribution in [1.82, 2.24) is 9.78 Å². The van der Waals surface area contributed by atoms with Gasteiger partial charge in [0, 0.05) is 23.3 Å². The number of rotatable bonds is 6. The van der Waals surface area contributed by atoms with E-state index >= 15 is 0 Å². The highest BCUT2D eigenvalue weighted by molar-refractivity contribution is 7.71. The van der Waals surface area contributed by atoms with Crippen molar-refractivity contribution in [2.75, 3.05) is 7.05 Å². The lowest BCUT2D eigenvalue weighted by Crippen LogP contribution is -3.07. The number of non-ortho nitro benzene ring substituents is 1. The minimum atomic E-state index is -0.480. The van der Waals surface area contributed by atoms with Crippen LogP contribution in [0.3, 0.4) is 0 Å². The molecule has 3 aromatic rings. The number of quaternary nitrogens is 1. The Hall–Kier alpha value is -2.91. The fraction of sp³-hybridized carbons (Fsp3) is 0.176. The Morgan fingerprint density at radius 1 is 1.31 bits per heavy atom. The third kappa shape index (κ3) is 4.19. The van der Waals surface area contributed by atoms with E-state index in [9.17, 15) is 14.5 Å². The summed E-state index contributed by atoms with van der Waals surface area (Å²) in [5, 5.41) is 15.2. The van der Waals surface area contributed by atoms with Crippen LogP contribution in [0.5, 0.6) is 0 Å². The Labute approximate surface area is 153 Å². The molecule has 0 saturated carbocycles. The first-order valence-electron chi connectivity index (χ1n) is 7.81. The number of hydrogen-bond acceptors (Lipinski definition) is 5. The van der Waals surface area contributed by atoms with Crippen molar-refractivity contribution in [1.29, 1.82) is 0 Å². The van der Waals surface area contributed by atoms with Gasteiger partial charge in [-0.2, -0.15) is 4.68 Å². The number of hydrogen-bond donors (Lipinski definition) is 1. The highest BCUT2D eigenvalue weighted by Gasteiger charge is 2.14. The van der Waals surface area contributed by atoms with Crippen LogP contribution in [0.25, 0.3) is 11.5 Å². The molecule has 0 spiro atoms. The molecule has 26 heavy (non-hydrogen) atoms. The maximum absolute atomic E-state index is 13.3. The van der Waals surface area contributed by atoms with Crippen LogP contribution in [-0.2, 0) is 13.2 Å². The predicted octanol–water partition coefficient (Wildman–Crippen LogP) is 2.59. The van der Waals surface area contributed by atoms with Crippen LogP contribution in [0.1, 0.15) is 5.56 Å². The van der Waals surface area contributed by atoms with Gasteiger partial charge in [0.15, 0.2) is 6.67 Å². The van der Waals surface area contributed by atoms with Crippen LogP contribution in [0.4, 0.5) is 10.1 Å². The number of nitrogens with zero attached hydrogens (tertiary/aromatic N) is 3. The van der Waals surface area contributed by atoms with Gasteiger partial charge < -0.3 is 9.32 Å². The molecular weight excluding hydrogens is 359 g/mol. The quantitative estimate of drug-likeness (QED) is 0.407. The molecule has 0 bridgehead atoms. The maximum Gasteiger partial charge on any atom is 0.292 e. The standard InChI is InChI=1S/C17H15FN4O3S/c1-20(10-12-4-2-6-14(18)8-12)11-21-17(26)25-16(19-21)13-5-3-7-15(9-13)22(23)24/h2-9H,10-11H2,1H3/p+1. The summed E-state index contributed by atoms with van der Waals surface area (Å²) in [5.41, 5.74) is 1.29. The van der Waals surface area contributed by atoms with E-state index in [-0.39, 0.29) is 22.2 Å². The summed E-state index contributed by atoms with van der Waals surface area (Å²) in [6.45, 7) is 0.992. The monoisotopic (exact) mass is 375 g/mol. The van der Waals surface area contributed by atoms with Gasteiger partial charge in [-0.1, -0.05) is 18.2 Å². The second-order valence-corrected chi connectivity index (χ2v) is 6.25. The molecule has 1 atom stereocenters. The molecule has 9 heteroatoms. The van der Waals surface area contributed by atoms with E-state index in [0.29, 0.717) is 18.8 Å². The van der Waals surface area contributed by atoms with Gasteiger partial charge in [0.2, 0.25) is 5.89 Å². The topological polar surface area (TPSA) is 78.5 Å². The molecule has 0 fully saturated rings. The first-order chi connectivity index (χ1) is 12.4. The van der Waals surface area contributed by atoms with Gasteiger partial charge >= 0.3 is 0 Å². The Balaban J connectivity index is 1.77. The van der Waals surface area contributed by atoms with Crippen LogP contribution in [0.15, 0.2) is 52.9 Å². The summed E-state index contributed by atoms with van der Waals surface area (Å²) in [5.74, 6) is -0.0569. The molecule has 3 rings (SSSR count). The van der Waals surface area contributed by atoms with E-state index in [0.717, 1.165) is 10.5 Å². The summed E-state index contributed by atoms with van der Waals surface area (Å²) in [4.78, 5) is 11.6. The molecule has 1 aromatic heterocycles. The van der Waals surface area contributed by atoms with Crippen LogP contribution in [0, 0.1) is 20.8 Å². The number of nitrogens with one attached hydrogen (secondary N) is 1. The summed E-state index contributed by atoms with van der Waals surface area (Å²) in [7, 11) is 1.92.